The highest BCUT2D eigenvalue weighted by molar-refractivity contribution is 14.1. The molecule has 0 saturated heterocycles. The van der Waals surface area contributed by atoms with Crippen LogP contribution in [0.2, 0.25) is 0 Å². The van der Waals surface area contributed by atoms with E-state index in [1.54, 1.807) is 12.1 Å². The highest BCUT2D eigenvalue weighted by Gasteiger charge is 2.07. The minimum atomic E-state index is -0.204. The number of benzene rings is 1. The van der Waals surface area contributed by atoms with Crippen LogP contribution in [0.1, 0.15) is 10.4 Å². The van der Waals surface area contributed by atoms with Gasteiger partial charge in [0, 0.05) is 20.7 Å². The summed E-state index contributed by atoms with van der Waals surface area (Å²) in [5, 5.41) is 10.0. The van der Waals surface area contributed by atoms with Crippen molar-refractivity contribution in [2.45, 2.75) is 0 Å². The standard InChI is InChI=1S/C8H5IN4OS/c9-6-3-1-5(2-4-6)7(14)10-8-11-12-13-15-8/h1-4H,(H,10,11,13,14). The van der Waals surface area contributed by atoms with E-state index in [0.717, 1.165) is 15.1 Å². The average Bonchev–Trinajstić information content (AvgIpc) is 2.71. The molecular formula is C8H5IN4OS. The van der Waals surface area contributed by atoms with Gasteiger partial charge in [-0.2, -0.15) is 0 Å². The van der Waals surface area contributed by atoms with E-state index in [4.69, 9.17) is 0 Å². The third kappa shape index (κ3) is 2.69. The Balaban J connectivity index is 2.11. The van der Waals surface area contributed by atoms with Crippen LogP contribution in [0.5, 0.6) is 0 Å². The van der Waals surface area contributed by atoms with Gasteiger partial charge in [-0.25, -0.2) is 0 Å². The first kappa shape index (κ1) is 10.4. The van der Waals surface area contributed by atoms with Crippen LogP contribution in [0.15, 0.2) is 24.3 Å². The molecule has 15 heavy (non-hydrogen) atoms. The Morgan fingerprint density at radius 1 is 1.33 bits per heavy atom. The van der Waals surface area contributed by atoms with Crippen molar-refractivity contribution in [2.24, 2.45) is 0 Å². The van der Waals surface area contributed by atoms with Gasteiger partial charge in [0.2, 0.25) is 5.13 Å². The molecule has 76 valence electrons. The van der Waals surface area contributed by atoms with Crippen molar-refractivity contribution in [3.8, 4) is 0 Å². The molecule has 0 aliphatic carbocycles. The summed E-state index contributed by atoms with van der Waals surface area (Å²) in [7, 11) is 0. The minimum Gasteiger partial charge on any atom is -0.295 e. The number of amides is 1. The van der Waals surface area contributed by atoms with Crippen molar-refractivity contribution in [3.63, 3.8) is 0 Å². The van der Waals surface area contributed by atoms with Crippen molar-refractivity contribution in [1.82, 2.24) is 14.8 Å². The maximum Gasteiger partial charge on any atom is 0.257 e. The highest BCUT2D eigenvalue weighted by atomic mass is 127. The van der Waals surface area contributed by atoms with Crippen LogP contribution in [0, 0.1) is 3.57 Å². The minimum absolute atomic E-state index is 0.204. The van der Waals surface area contributed by atoms with Gasteiger partial charge >= 0.3 is 0 Å². The average molecular weight is 332 g/mol. The molecule has 1 N–H and O–H groups in total. The first-order valence-electron chi connectivity index (χ1n) is 3.97. The lowest BCUT2D eigenvalue weighted by Gasteiger charge is -2.00. The topological polar surface area (TPSA) is 67.8 Å². The van der Waals surface area contributed by atoms with Crippen LogP contribution in [-0.2, 0) is 0 Å². The highest BCUT2D eigenvalue weighted by Crippen LogP contribution is 2.10. The fraction of sp³-hybridized carbons (Fsp3) is 0. The normalized spacial score (nSPS) is 9.93. The molecule has 1 aromatic carbocycles. The molecule has 0 bridgehead atoms. The molecule has 0 aliphatic heterocycles. The first-order valence-corrected chi connectivity index (χ1v) is 5.83. The van der Waals surface area contributed by atoms with Crippen molar-refractivity contribution in [3.05, 3.63) is 33.4 Å². The number of nitrogens with one attached hydrogen (secondary N) is 1. The van der Waals surface area contributed by atoms with E-state index in [-0.39, 0.29) is 5.91 Å². The number of aromatic nitrogens is 3. The summed E-state index contributed by atoms with van der Waals surface area (Å²) >= 11 is 3.22. The van der Waals surface area contributed by atoms with Gasteiger partial charge in [-0.3, -0.25) is 10.1 Å². The van der Waals surface area contributed by atoms with Crippen molar-refractivity contribution in [2.75, 3.05) is 5.32 Å². The van der Waals surface area contributed by atoms with E-state index in [9.17, 15) is 4.79 Å². The Kier molecular flexibility index (Phi) is 3.21. The zero-order valence-electron chi connectivity index (χ0n) is 7.35. The van der Waals surface area contributed by atoms with Gasteiger partial charge in [-0.15, -0.1) is 0 Å². The van der Waals surface area contributed by atoms with Gasteiger partial charge in [-0.05, 0) is 52.1 Å². The molecule has 2 rings (SSSR count). The van der Waals surface area contributed by atoms with Crippen LogP contribution in [0.4, 0.5) is 5.13 Å². The number of halogens is 1. The van der Waals surface area contributed by atoms with Crippen molar-refractivity contribution in [1.29, 1.82) is 0 Å². The second kappa shape index (κ2) is 4.62. The monoisotopic (exact) mass is 332 g/mol. The Morgan fingerprint density at radius 2 is 2.07 bits per heavy atom. The van der Waals surface area contributed by atoms with Crippen LogP contribution in [0.25, 0.3) is 0 Å². The van der Waals surface area contributed by atoms with E-state index in [1.165, 1.54) is 0 Å². The molecule has 0 aliphatic rings. The molecule has 0 fully saturated rings. The van der Waals surface area contributed by atoms with Crippen LogP contribution < -0.4 is 5.32 Å². The molecule has 0 spiro atoms. The van der Waals surface area contributed by atoms with Gasteiger partial charge in [0.05, 0.1) is 0 Å². The van der Waals surface area contributed by atoms with Gasteiger partial charge < -0.3 is 0 Å². The van der Waals surface area contributed by atoms with E-state index in [1.807, 2.05) is 12.1 Å². The fourth-order valence-electron chi connectivity index (χ4n) is 0.952. The van der Waals surface area contributed by atoms with E-state index in [0.29, 0.717) is 10.7 Å². The summed E-state index contributed by atoms with van der Waals surface area (Å²) in [4.78, 5) is 11.6. The zero-order chi connectivity index (χ0) is 10.7. The third-order valence-corrected chi connectivity index (χ3v) is 2.86. The lowest BCUT2D eigenvalue weighted by Crippen LogP contribution is -2.11. The predicted octanol–water partition coefficient (Wildman–Crippen LogP) is 1.79. The van der Waals surface area contributed by atoms with Crippen LogP contribution >= 0.6 is 34.1 Å². The Bertz CT molecular complexity index is 456. The largest absolute Gasteiger partial charge is 0.295 e. The molecule has 0 atom stereocenters. The number of hydrogen-bond acceptors (Lipinski definition) is 5. The lowest BCUT2D eigenvalue weighted by molar-refractivity contribution is 0.102. The Labute approximate surface area is 103 Å². The first-order chi connectivity index (χ1) is 7.25. The molecule has 7 heteroatoms. The molecule has 0 radical (unpaired) electrons. The number of carbonyl (C=O) groups excluding carboxylic acids is 1. The zero-order valence-corrected chi connectivity index (χ0v) is 10.3. The second-order valence-corrected chi connectivity index (χ2v) is 4.61. The lowest BCUT2D eigenvalue weighted by atomic mass is 10.2. The Hall–Kier alpha value is -1.09. The number of anilines is 1. The summed E-state index contributed by atoms with van der Waals surface area (Å²) in [5.41, 5.74) is 0.589. The summed E-state index contributed by atoms with van der Waals surface area (Å²) < 4.78 is 4.63. The van der Waals surface area contributed by atoms with Gasteiger partial charge in [0.1, 0.15) is 0 Å². The smallest absolute Gasteiger partial charge is 0.257 e. The van der Waals surface area contributed by atoms with E-state index in [2.05, 4.69) is 42.7 Å². The third-order valence-electron chi connectivity index (χ3n) is 1.63. The van der Waals surface area contributed by atoms with E-state index >= 15 is 0 Å². The maximum atomic E-state index is 11.6. The second-order valence-electron chi connectivity index (χ2n) is 2.63. The summed E-state index contributed by atoms with van der Waals surface area (Å²) in [6.45, 7) is 0. The quantitative estimate of drug-likeness (QED) is 0.852. The fourth-order valence-corrected chi connectivity index (χ4v) is 1.67. The summed E-state index contributed by atoms with van der Waals surface area (Å²) in [6, 6.07) is 7.25. The van der Waals surface area contributed by atoms with Crippen LogP contribution in [-0.4, -0.2) is 20.7 Å². The van der Waals surface area contributed by atoms with Gasteiger partial charge in [0.15, 0.2) is 0 Å². The molecular weight excluding hydrogens is 327 g/mol. The Morgan fingerprint density at radius 3 is 2.67 bits per heavy atom. The SMILES string of the molecule is O=C(Nc1nnns1)c1ccc(I)cc1. The van der Waals surface area contributed by atoms with Gasteiger partial charge in [-0.1, -0.05) is 9.59 Å². The summed E-state index contributed by atoms with van der Waals surface area (Å²) in [6.07, 6.45) is 0. The van der Waals surface area contributed by atoms with Crippen LogP contribution in [0.3, 0.4) is 0 Å². The summed E-state index contributed by atoms with van der Waals surface area (Å²) in [5.74, 6) is -0.204. The van der Waals surface area contributed by atoms with Crippen molar-refractivity contribution >= 4 is 45.2 Å². The van der Waals surface area contributed by atoms with E-state index < -0.39 is 0 Å². The number of nitrogens with zero attached hydrogens (tertiary/aromatic N) is 3. The molecule has 1 amide bonds. The van der Waals surface area contributed by atoms with Gasteiger partial charge in [0.25, 0.3) is 5.91 Å². The number of hydrogen-bond donors (Lipinski definition) is 1. The molecule has 0 unspecified atom stereocenters. The molecule has 2 aromatic rings. The number of rotatable bonds is 2. The predicted molar refractivity (Wildman–Crippen MR) is 64.8 cm³/mol. The number of carbonyl (C=O) groups is 1. The maximum absolute atomic E-state index is 11.6. The molecule has 0 saturated carbocycles. The molecule has 1 heterocycles. The molecule has 1 aromatic heterocycles. The molecule has 5 nitrogen and oxygen atoms in total. The van der Waals surface area contributed by atoms with Crippen molar-refractivity contribution < 1.29 is 4.79 Å².